The molecule has 0 aliphatic carbocycles. The molecule has 2 aromatic rings. The van der Waals surface area contributed by atoms with Crippen LogP contribution in [0.25, 0.3) is 5.76 Å². The van der Waals surface area contributed by atoms with Crippen LogP contribution in [0.2, 0.25) is 0 Å². The number of rotatable bonds is 3. The highest BCUT2D eigenvalue weighted by molar-refractivity contribution is 5.64. The van der Waals surface area contributed by atoms with Gasteiger partial charge in [0.15, 0.2) is 0 Å². The van der Waals surface area contributed by atoms with Gasteiger partial charge in [0.25, 0.3) is 0 Å². The summed E-state index contributed by atoms with van der Waals surface area (Å²) in [6.45, 7) is 6.52. The van der Waals surface area contributed by atoms with Gasteiger partial charge >= 0.3 is 0 Å². The summed E-state index contributed by atoms with van der Waals surface area (Å²) in [5.74, 6) is 1.29. The first-order valence-corrected chi connectivity index (χ1v) is 6.94. The lowest BCUT2D eigenvalue weighted by Gasteiger charge is -2.19. The maximum Gasteiger partial charge on any atom is 0.145 e. The van der Waals surface area contributed by atoms with Crippen LogP contribution >= 0.6 is 0 Å². The molecule has 0 bridgehead atoms. The number of hydrogen-bond acceptors (Lipinski definition) is 2. The van der Waals surface area contributed by atoms with E-state index in [0.717, 1.165) is 11.3 Å². The van der Waals surface area contributed by atoms with Crippen LogP contribution in [0.1, 0.15) is 31.9 Å². The molecule has 0 saturated carbocycles. The minimum absolute atomic E-state index is 0.114. The number of ether oxygens (including phenoxy) is 1. The molecule has 0 fully saturated rings. The van der Waals surface area contributed by atoms with Gasteiger partial charge in [-0.3, -0.25) is 0 Å². The summed E-state index contributed by atoms with van der Waals surface area (Å²) in [4.78, 5) is 0. The molecule has 0 aromatic heterocycles. The van der Waals surface area contributed by atoms with Gasteiger partial charge in [0.1, 0.15) is 11.5 Å². The van der Waals surface area contributed by atoms with Crippen LogP contribution in [0, 0.1) is 11.3 Å². The topological polar surface area (TPSA) is 33.0 Å². The van der Waals surface area contributed by atoms with Gasteiger partial charge in [-0.05, 0) is 23.1 Å². The lowest BCUT2D eigenvalue weighted by molar-refractivity contribution is 0.513. The Labute approximate surface area is 126 Å². The molecule has 0 radical (unpaired) electrons. The molecule has 0 amide bonds. The minimum Gasteiger partial charge on any atom is -0.456 e. The number of nitrogens with zero attached hydrogens (tertiary/aromatic N) is 1. The molecule has 21 heavy (non-hydrogen) atoms. The number of benzene rings is 2. The zero-order valence-corrected chi connectivity index (χ0v) is 12.6. The molecule has 0 heterocycles. The molecule has 0 atom stereocenters. The van der Waals surface area contributed by atoms with Crippen molar-refractivity contribution in [1.82, 2.24) is 0 Å². The Bertz CT molecular complexity index is 655. The first-order valence-electron chi connectivity index (χ1n) is 6.94. The first-order chi connectivity index (χ1) is 10.0. The van der Waals surface area contributed by atoms with E-state index in [-0.39, 0.29) is 5.41 Å². The predicted octanol–water partition coefficient (Wildman–Crippen LogP) is 4.93. The smallest absolute Gasteiger partial charge is 0.145 e. The average Bonchev–Trinajstić information content (AvgIpc) is 2.47. The third kappa shape index (κ3) is 3.97. The summed E-state index contributed by atoms with van der Waals surface area (Å²) in [5.41, 5.74) is 2.25. The number of hydrogen-bond donors (Lipinski definition) is 0. The number of allylic oxidation sites excluding steroid dienone is 1. The summed E-state index contributed by atoms with van der Waals surface area (Å²) in [7, 11) is 0. The third-order valence-corrected chi connectivity index (χ3v) is 3.20. The molecule has 0 aliphatic rings. The van der Waals surface area contributed by atoms with Crippen LogP contribution in [-0.2, 0) is 5.41 Å². The van der Waals surface area contributed by atoms with Gasteiger partial charge in [0.2, 0.25) is 0 Å². The van der Waals surface area contributed by atoms with Gasteiger partial charge < -0.3 is 4.74 Å². The van der Waals surface area contributed by atoms with E-state index in [9.17, 15) is 0 Å². The summed E-state index contributed by atoms with van der Waals surface area (Å²) in [5, 5.41) is 8.92. The average molecular weight is 277 g/mol. The molecule has 0 aliphatic heterocycles. The molecular weight excluding hydrogens is 258 g/mol. The van der Waals surface area contributed by atoms with Crippen LogP contribution in [-0.4, -0.2) is 0 Å². The Balaban J connectivity index is 2.23. The van der Waals surface area contributed by atoms with E-state index in [4.69, 9.17) is 10.00 Å². The van der Waals surface area contributed by atoms with Gasteiger partial charge in [-0.1, -0.05) is 63.2 Å². The van der Waals surface area contributed by atoms with E-state index >= 15 is 0 Å². The molecule has 2 nitrogen and oxygen atoms in total. The van der Waals surface area contributed by atoms with Crippen molar-refractivity contribution in [1.29, 1.82) is 5.26 Å². The van der Waals surface area contributed by atoms with Crippen LogP contribution in [0.4, 0.5) is 0 Å². The highest BCUT2D eigenvalue weighted by Crippen LogP contribution is 2.26. The van der Waals surface area contributed by atoms with Crippen molar-refractivity contribution < 1.29 is 4.74 Å². The molecule has 106 valence electrons. The second kappa shape index (κ2) is 6.28. The highest BCUT2D eigenvalue weighted by Gasteiger charge is 2.13. The largest absolute Gasteiger partial charge is 0.456 e. The van der Waals surface area contributed by atoms with E-state index in [1.807, 2.05) is 48.5 Å². The second-order valence-electron chi connectivity index (χ2n) is 5.88. The second-order valence-corrected chi connectivity index (χ2v) is 5.88. The van der Waals surface area contributed by atoms with Crippen LogP contribution in [0.5, 0.6) is 5.75 Å². The predicted molar refractivity (Wildman–Crippen MR) is 85.8 cm³/mol. The van der Waals surface area contributed by atoms with Gasteiger partial charge in [-0.15, -0.1) is 0 Å². The van der Waals surface area contributed by atoms with Crippen molar-refractivity contribution >= 4 is 5.76 Å². The maximum atomic E-state index is 8.92. The normalized spacial score (nSPS) is 11.8. The monoisotopic (exact) mass is 277 g/mol. The fourth-order valence-corrected chi connectivity index (χ4v) is 1.98. The lowest BCUT2D eigenvalue weighted by atomic mass is 9.87. The van der Waals surface area contributed by atoms with Crippen molar-refractivity contribution in [3.63, 3.8) is 0 Å². The van der Waals surface area contributed by atoms with Crippen molar-refractivity contribution in [2.24, 2.45) is 0 Å². The molecule has 0 saturated heterocycles. The van der Waals surface area contributed by atoms with Crippen LogP contribution in [0.15, 0.2) is 60.7 Å². The van der Waals surface area contributed by atoms with Crippen molar-refractivity contribution in [2.45, 2.75) is 26.2 Å². The van der Waals surface area contributed by atoms with E-state index in [1.165, 1.54) is 11.6 Å². The van der Waals surface area contributed by atoms with E-state index < -0.39 is 0 Å². The summed E-state index contributed by atoms with van der Waals surface area (Å²) in [6, 6.07) is 19.7. The minimum atomic E-state index is 0.114. The first kappa shape index (κ1) is 14.9. The number of nitriles is 1. The van der Waals surface area contributed by atoms with E-state index in [1.54, 1.807) is 0 Å². The SMILES string of the molecule is CC(C)(C)c1ccc(O/C(=C/C#N)c2ccccc2)cc1. The Morgan fingerprint density at radius 1 is 1.00 bits per heavy atom. The Morgan fingerprint density at radius 3 is 2.14 bits per heavy atom. The molecule has 0 N–H and O–H groups in total. The third-order valence-electron chi connectivity index (χ3n) is 3.20. The summed E-state index contributed by atoms with van der Waals surface area (Å²) in [6.07, 6.45) is 1.42. The molecule has 2 heteroatoms. The highest BCUT2D eigenvalue weighted by atomic mass is 16.5. The standard InChI is InChI=1S/C19H19NO/c1-19(2,3)16-9-11-17(12-10-16)21-18(13-14-20)15-7-5-4-6-8-15/h4-13H,1-3H3/b18-13+. The summed E-state index contributed by atoms with van der Waals surface area (Å²) < 4.78 is 5.85. The Morgan fingerprint density at radius 2 is 1.62 bits per heavy atom. The molecule has 2 aromatic carbocycles. The fraction of sp³-hybridized carbons (Fsp3) is 0.211. The molecule has 2 rings (SSSR count). The molecule has 0 unspecified atom stereocenters. The van der Waals surface area contributed by atoms with Gasteiger partial charge in [-0.25, -0.2) is 0 Å². The van der Waals surface area contributed by atoms with Gasteiger partial charge in [0, 0.05) is 5.56 Å². The van der Waals surface area contributed by atoms with Crippen molar-refractivity contribution in [3.8, 4) is 11.8 Å². The zero-order valence-electron chi connectivity index (χ0n) is 12.6. The van der Waals surface area contributed by atoms with Gasteiger partial charge in [-0.2, -0.15) is 5.26 Å². The van der Waals surface area contributed by atoms with Gasteiger partial charge in [0.05, 0.1) is 12.1 Å². The van der Waals surface area contributed by atoms with E-state index in [0.29, 0.717) is 5.76 Å². The van der Waals surface area contributed by atoms with Crippen LogP contribution in [0.3, 0.4) is 0 Å². The van der Waals surface area contributed by atoms with Crippen molar-refractivity contribution in [2.75, 3.05) is 0 Å². The summed E-state index contributed by atoms with van der Waals surface area (Å²) >= 11 is 0. The lowest BCUT2D eigenvalue weighted by Crippen LogP contribution is -2.10. The Kier molecular flexibility index (Phi) is 4.45. The fourth-order valence-electron chi connectivity index (χ4n) is 1.98. The Hall–Kier alpha value is -2.53. The van der Waals surface area contributed by atoms with Crippen LogP contribution < -0.4 is 4.74 Å². The van der Waals surface area contributed by atoms with E-state index in [2.05, 4.69) is 32.9 Å². The molecule has 0 spiro atoms. The van der Waals surface area contributed by atoms with Crippen molar-refractivity contribution in [3.05, 3.63) is 71.8 Å². The quantitative estimate of drug-likeness (QED) is 0.589. The maximum absolute atomic E-state index is 8.92. The molecular formula is C19H19NO. The zero-order chi connectivity index (χ0) is 15.3.